The van der Waals surface area contributed by atoms with Crippen LogP contribution in [0.4, 0.5) is 5.69 Å². The first-order valence-corrected chi connectivity index (χ1v) is 15.6. The molecule has 40 heavy (non-hydrogen) atoms. The maximum atomic E-state index is 14.1. The van der Waals surface area contributed by atoms with E-state index >= 15 is 0 Å². The zero-order valence-corrected chi connectivity index (χ0v) is 26.1. The minimum Gasteiger partial charge on any atom is -0.354 e. The number of carbonyl (C=O) groups is 2. The summed E-state index contributed by atoms with van der Waals surface area (Å²) in [4.78, 5) is 29.0. The van der Waals surface area contributed by atoms with Crippen molar-refractivity contribution in [2.45, 2.75) is 58.5 Å². The molecule has 1 N–H and O–H groups in total. The van der Waals surface area contributed by atoms with Crippen molar-refractivity contribution in [2.24, 2.45) is 5.92 Å². The number of hydrogen-bond donors (Lipinski definition) is 1. The van der Waals surface area contributed by atoms with Crippen LogP contribution in [0.15, 0.2) is 82.2 Å². The third-order valence-electron chi connectivity index (χ3n) is 6.66. The lowest BCUT2D eigenvalue weighted by atomic mass is 10.1. The largest absolute Gasteiger partial charge is 0.354 e. The Morgan fingerprint density at radius 3 is 2.23 bits per heavy atom. The highest BCUT2D eigenvalue weighted by Crippen LogP contribution is 2.27. The number of rotatable bonds is 12. The molecule has 0 bridgehead atoms. The Labute approximate surface area is 246 Å². The molecule has 0 saturated carbocycles. The van der Waals surface area contributed by atoms with Crippen LogP contribution < -0.4 is 9.62 Å². The fraction of sp³-hybridized carbons (Fsp3) is 0.355. The van der Waals surface area contributed by atoms with Crippen molar-refractivity contribution in [2.75, 3.05) is 17.4 Å². The van der Waals surface area contributed by atoms with E-state index in [0.717, 1.165) is 21.0 Å². The summed E-state index contributed by atoms with van der Waals surface area (Å²) in [6, 6.07) is 20.3. The lowest BCUT2D eigenvalue weighted by molar-refractivity contribution is -0.140. The summed E-state index contributed by atoms with van der Waals surface area (Å²) in [6.07, 6.45) is 0.378. The molecule has 214 valence electrons. The van der Waals surface area contributed by atoms with E-state index in [4.69, 9.17) is 0 Å². The van der Waals surface area contributed by atoms with Crippen LogP contribution in [-0.4, -0.2) is 44.3 Å². The molecule has 0 aliphatic carbocycles. The molecule has 0 aliphatic heterocycles. The highest BCUT2D eigenvalue weighted by Gasteiger charge is 2.34. The summed E-state index contributed by atoms with van der Waals surface area (Å²) in [5.41, 5.74) is 3.14. The molecule has 3 aromatic carbocycles. The van der Waals surface area contributed by atoms with E-state index in [9.17, 15) is 18.0 Å². The first-order valence-electron chi connectivity index (χ1n) is 13.4. The second kappa shape index (κ2) is 13.9. The highest BCUT2D eigenvalue weighted by molar-refractivity contribution is 9.10. The second-order valence-electron chi connectivity index (χ2n) is 10.3. The lowest BCUT2D eigenvalue weighted by Crippen LogP contribution is -2.52. The summed E-state index contributed by atoms with van der Waals surface area (Å²) in [6.45, 7) is 9.88. The van der Waals surface area contributed by atoms with Crippen LogP contribution in [0, 0.1) is 19.8 Å². The van der Waals surface area contributed by atoms with Gasteiger partial charge in [-0.2, -0.15) is 0 Å². The zero-order valence-electron chi connectivity index (χ0n) is 23.7. The van der Waals surface area contributed by atoms with Gasteiger partial charge >= 0.3 is 0 Å². The summed E-state index contributed by atoms with van der Waals surface area (Å²) < 4.78 is 29.7. The van der Waals surface area contributed by atoms with Gasteiger partial charge in [0.05, 0.1) is 10.6 Å². The standard InChI is InChI=1S/C31H38BrN3O4S/c1-6-29(31(37)33-19-22(2)3)34(20-25-11-8-7-10-24(25)5)30(36)21-35(27-13-9-12-26(32)18-27)40(38,39)28-16-14-23(4)15-17-28/h7-18,22,29H,6,19-21H2,1-5H3,(H,33,37)/t29-/m0/s1. The predicted molar refractivity (Wildman–Crippen MR) is 164 cm³/mol. The van der Waals surface area contributed by atoms with Crippen LogP contribution in [0.2, 0.25) is 0 Å². The molecular formula is C31H38BrN3O4S. The van der Waals surface area contributed by atoms with Crippen LogP contribution in [-0.2, 0) is 26.2 Å². The van der Waals surface area contributed by atoms with Crippen molar-refractivity contribution in [3.8, 4) is 0 Å². The van der Waals surface area contributed by atoms with E-state index < -0.39 is 28.5 Å². The fourth-order valence-electron chi connectivity index (χ4n) is 4.31. The number of amides is 2. The minimum atomic E-state index is -4.11. The molecule has 0 aromatic heterocycles. The van der Waals surface area contributed by atoms with Gasteiger partial charge in [0.2, 0.25) is 11.8 Å². The van der Waals surface area contributed by atoms with E-state index in [0.29, 0.717) is 23.1 Å². The number of halogens is 1. The third kappa shape index (κ3) is 7.95. The third-order valence-corrected chi connectivity index (χ3v) is 8.94. The monoisotopic (exact) mass is 627 g/mol. The Balaban J connectivity index is 2.06. The molecule has 0 saturated heterocycles. The molecule has 7 nitrogen and oxygen atoms in total. The Kier molecular flexibility index (Phi) is 10.9. The summed E-state index contributed by atoms with van der Waals surface area (Å²) in [5.74, 6) is -0.479. The first kappa shape index (κ1) is 31.4. The van der Waals surface area contributed by atoms with E-state index in [2.05, 4.69) is 21.2 Å². The van der Waals surface area contributed by atoms with Gasteiger partial charge < -0.3 is 10.2 Å². The lowest BCUT2D eigenvalue weighted by Gasteiger charge is -2.33. The van der Waals surface area contributed by atoms with Gasteiger partial charge in [0.1, 0.15) is 12.6 Å². The highest BCUT2D eigenvalue weighted by atomic mass is 79.9. The van der Waals surface area contributed by atoms with Gasteiger partial charge in [0.25, 0.3) is 10.0 Å². The minimum absolute atomic E-state index is 0.0815. The Morgan fingerprint density at radius 1 is 0.950 bits per heavy atom. The van der Waals surface area contributed by atoms with Gasteiger partial charge in [-0.1, -0.05) is 84.7 Å². The number of nitrogens with one attached hydrogen (secondary N) is 1. The predicted octanol–water partition coefficient (Wildman–Crippen LogP) is 5.84. The van der Waals surface area contributed by atoms with E-state index in [-0.39, 0.29) is 23.3 Å². The van der Waals surface area contributed by atoms with E-state index in [1.807, 2.05) is 58.9 Å². The van der Waals surface area contributed by atoms with Crippen molar-refractivity contribution in [1.82, 2.24) is 10.2 Å². The van der Waals surface area contributed by atoms with Crippen molar-refractivity contribution in [3.63, 3.8) is 0 Å². The normalized spacial score (nSPS) is 12.2. The molecule has 3 aromatic rings. The molecule has 0 spiro atoms. The van der Waals surface area contributed by atoms with E-state index in [1.165, 1.54) is 4.90 Å². The smallest absolute Gasteiger partial charge is 0.264 e. The molecule has 2 amide bonds. The number of hydrogen-bond acceptors (Lipinski definition) is 4. The molecule has 0 unspecified atom stereocenters. The quantitative estimate of drug-likeness (QED) is 0.273. The maximum Gasteiger partial charge on any atom is 0.264 e. The zero-order chi connectivity index (χ0) is 29.4. The molecule has 0 fully saturated rings. The molecular weight excluding hydrogens is 590 g/mol. The first-order chi connectivity index (χ1) is 18.9. The summed E-state index contributed by atoms with van der Waals surface area (Å²) in [5, 5.41) is 2.95. The van der Waals surface area contributed by atoms with Crippen molar-refractivity contribution in [3.05, 3.63) is 94.0 Å². The maximum absolute atomic E-state index is 14.1. The van der Waals surface area contributed by atoms with Crippen molar-refractivity contribution in [1.29, 1.82) is 0 Å². The second-order valence-corrected chi connectivity index (χ2v) is 13.1. The van der Waals surface area contributed by atoms with Gasteiger partial charge in [-0.15, -0.1) is 0 Å². The molecule has 0 radical (unpaired) electrons. The number of sulfonamides is 1. The molecule has 3 rings (SSSR count). The Hall–Kier alpha value is -3.17. The van der Waals surface area contributed by atoms with E-state index in [1.54, 1.807) is 48.5 Å². The van der Waals surface area contributed by atoms with Gasteiger partial charge in [0, 0.05) is 17.6 Å². The Morgan fingerprint density at radius 2 is 1.62 bits per heavy atom. The molecule has 1 atom stereocenters. The van der Waals surface area contributed by atoms with Crippen LogP contribution >= 0.6 is 15.9 Å². The fourth-order valence-corrected chi connectivity index (χ4v) is 6.10. The number of benzene rings is 3. The summed E-state index contributed by atoms with van der Waals surface area (Å²) >= 11 is 3.42. The van der Waals surface area contributed by atoms with Crippen molar-refractivity contribution >= 4 is 43.5 Å². The van der Waals surface area contributed by atoms with Crippen LogP contribution in [0.25, 0.3) is 0 Å². The number of aryl methyl sites for hydroxylation is 2. The summed E-state index contributed by atoms with van der Waals surface area (Å²) in [7, 11) is -4.11. The van der Waals surface area contributed by atoms with Gasteiger partial charge in [-0.3, -0.25) is 13.9 Å². The Bertz CT molecular complexity index is 1420. The van der Waals surface area contributed by atoms with Gasteiger partial charge in [-0.05, 0) is 67.6 Å². The topological polar surface area (TPSA) is 86.8 Å². The SMILES string of the molecule is CC[C@@H](C(=O)NCC(C)C)N(Cc1ccccc1C)C(=O)CN(c1cccc(Br)c1)S(=O)(=O)c1ccc(C)cc1. The average molecular weight is 629 g/mol. The van der Waals surface area contributed by atoms with Crippen LogP contribution in [0.5, 0.6) is 0 Å². The van der Waals surface area contributed by atoms with Crippen LogP contribution in [0.3, 0.4) is 0 Å². The molecule has 0 aliphatic rings. The van der Waals surface area contributed by atoms with Crippen LogP contribution in [0.1, 0.15) is 43.9 Å². The van der Waals surface area contributed by atoms with Gasteiger partial charge in [-0.25, -0.2) is 8.42 Å². The van der Waals surface area contributed by atoms with Gasteiger partial charge in [0.15, 0.2) is 0 Å². The average Bonchev–Trinajstić information content (AvgIpc) is 2.91. The number of nitrogens with zero attached hydrogens (tertiary/aromatic N) is 2. The molecule has 0 heterocycles. The molecule has 9 heteroatoms. The van der Waals surface area contributed by atoms with Crippen molar-refractivity contribution < 1.29 is 18.0 Å². The number of carbonyl (C=O) groups excluding carboxylic acids is 2. The number of anilines is 1.